The Morgan fingerprint density at radius 3 is 1.89 bits per heavy atom. The molecule has 0 aliphatic heterocycles. The topological polar surface area (TPSA) is 85.1 Å². The Bertz CT molecular complexity index is 1490. The summed E-state index contributed by atoms with van der Waals surface area (Å²) in [4.78, 5) is 30.0. The van der Waals surface area contributed by atoms with E-state index in [0.717, 1.165) is 32.7 Å². The van der Waals surface area contributed by atoms with Gasteiger partial charge in [-0.1, -0.05) is 102 Å². The van der Waals surface area contributed by atoms with Crippen LogP contribution in [0.1, 0.15) is 22.6 Å². The van der Waals surface area contributed by atoms with Gasteiger partial charge in [0.05, 0.1) is 21.4 Å². The van der Waals surface area contributed by atoms with E-state index in [1.807, 2.05) is 91.9 Å². The molecular formula is C30H23N3O3S. The van der Waals surface area contributed by atoms with Crippen LogP contribution in [0.5, 0.6) is 0 Å². The number of carbonyl (C=O) groups is 1. The summed E-state index contributed by atoms with van der Waals surface area (Å²) >= 11 is 1.38. The van der Waals surface area contributed by atoms with E-state index in [9.17, 15) is 14.9 Å². The number of hydrogen-bond donors (Lipinski definition) is 1. The van der Waals surface area contributed by atoms with Gasteiger partial charge in [-0.05, 0) is 35.7 Å². The predicted octanol–water partition coefficient (Wildman–Crippen LogP) is 7.46. The lowest BCUT2D eigenvalue weighted by Crippen LogP contribution is -2.22. The molecule has 4 aromatic carbocycles. The number of nitrogens with zero attached hydrogens (tertiary/aromatic N) is 2. The predicted molar refractivity (Wildman–Crippen MR) is 148 cm³/mol. The molecule has 0 aliphatic rings. The fourth-order valence-electron chi connectivity index (χ4n) is 4.17. The molecule has 0 saturated heterocycles. The average Bonchev–Trinajstić information content (AvgIpc) is 3.34. The van der Waals surface area contributed by atoms with Gasteiger partial charge in [0, 0.05) is 17.7 Å². The molecular weight excluding hydrogens is 482 g/mol. The minimum absolute atomic E-state index is 0.0120. The molecule has 0 saturated carbocycles. The summed E-state index contributed by atoms with van der Waals surface area (Å²) in [5, 5.41) is 14.6. The number of amides is 1. The van der Waals surface area contributed by atoms with Crippen molar-refractivity contribution in [1.82, 2.24) is 4.98 Å². The van der Waals surface area contributed by atoms with Crippen LogP contribution in [0.25, 0.3) is 21.7 Å². The van der Waals surface area contributed by atoms with Crippen LogP contribution in [0, 0.1) is 17.0 Å². The van der Waals surface area contributed by atoms with Crippen molar-refractivity contribution in [1.29, 1.82) is 0 Å². The molecule has 0 fully saturated rings. The Balaban J connectivity index is 1.54. The SMILES string of the molecule is Cc1ccc(-c2sc(NC(=O)C(c3ccccc3)c3ccccc3)nc2-c2ccc([N+](=O)[O-])cc2)cc1. The van der Waals surface area contributed by atoms with Gasteiger partial charge in [-0.25, -0.2) is 4.98 Å². The van der Waals surface area contributed by atoms with Crippen molar-refractivity contribution >= 4 is 28.1 Å². The molecule has 1 N–H and O–H groups in total. The van der Waals surface area contributed by atoms with Crippen LogP contribution in [0.15, 0.2) is 109 Å². The number of anilines is 1. The van der Waals surface area contributed by atoms with E-state index in [1.165, 1.54) is 23.5 Å². The Kier molecular flexibility index (Phi) is 6.87. The lowest BCUT2D eigenvalue weighted by Gasteiger charge is -2.17. The number of nitro groups is 1. The quantitative estimate of drug-likeness (QED) is 0.184. The average molecular weight is 506 g/mol. The molecule has 0 spiro atoms. The third-order valence-electron chi connectivity index (χ3n) is 6.05. The molecule has 1 amide bonds. The van der Waals surface area contributed by atoms with Crippen LogP contribution in [0.2, 0.25) is 0 Å². The molecule has 1 heterocycles. The Hall–Kier alpha value is -4.62. The maximum atomic E-state index is 13.7. The molecule has 5 aromatic rings. The largest absolute Gasteiger partial charge is 0.301 e. The first kappa shape index (κ1) is 24.1. The van der Waals surface area contributed by atoms with E-state index < -0.39 is 10.8 Å². The molecule has 0 aliphatic carbocycles. The highest BCUT2D eigenvalue weighted by molar-refractivity contribution is 7.19. The molecule has 1 aromatic heterocycles. The van der Waals surface area contributed by atoms with Gasteiger partial charge in [-0.2, -0.15) is 0 Å². The van der Waals surface area contributed by atoms with Crippen molar-refractivity contribution in [2.45, 2.75) is 12.8 Å². The number of nitro benzene ring substituents is 1. The van der Waals surface area contributed by atoms with Crippen molar-refractivity contribution in [3.8, 4) is 21.7 Å². The standard InChI is InChI=1S/C30H23N3O3S/c1-20-12-14-24(15-13-20)28-27(23-16-18-25(19-17-23)33(35)36)31-30(37-28)32-29(34)26(21-8-4-2-5-9-21)22-10-6-3-7-11-22/h2-19,26H,1H3,(H,31,32,34). The Morgan fingerprint density at radius 2 is 1.35 bits per heavy atom. The number of benzene rings is 4. The molecule has 0 unspecified atom stereocenters. The van der Waals surface area contributed by atoms with Crippen LogP contribution in [0.4, 0.5) is 10.8 Å². The van der Waals surface area contributed by atoms with E-state index in [0.29, 0.717) is 10.8 Å². The molecule has 37 heavy (non-hydrogen) atoms. The zero-order valence-corrected chi connectivity index (χ0v) is 20.8. The van der Waals surface area contributed by atoms with Crippen LogP contribution in [-0.4, -0.2) is 15.8 Å². The van der Waals surface area contributed by atoms with Gasteiger partial charge in [0.15, 0.2) is 5.13 Å². The summed E-state index contributed by atoms with van der Waals surface area (Å²) in [5.74, 6) is -0.686. The second kappa shape index (κ2) is 10.6. The molecule has 5 rings (SSSR count). The first-order valence-electron chi connectivity index (χ1n) is 11.7. The van der Waals surface area contributed by atoms with Crippen molar-refractivity contribution in [3.63, 3.8) is 0 Å². The van der Waals surface area contributed by atoms with Crippen molar-refractivity contribution in [3.05, 3.63) is 136 Å². The fourth-order valence-corrected chi connectivity index (χ4v) is 5.17. The van der Waals surface area contributed by atoms with Gasteiger partial charge >= 0.3 is 0 Å². The van der Waals surface area contributed by atoms with Crippen molar-refractivity contribution < 1.29 is 9.72 Å². The zero-order chi connectivity index (χ0) is 25.8. The third kappa shape index (κ3) is 5.32. The van der Waals surface area contributed by atoms with Gasteiger partial charge < -0.3 is 5.32 Å². The lowest BCUT2D eigenvalue weighted by atomic mass is 9.90. The number of non-ortho nitro benzene ring substituents is 1. The number of rotatable bonds is 7. The van der Waals surface area contributed by atoms with Crippen LogP contribution < -0.4 is 5.32 Å². The van der Waals surface area contributed by atoms with E-state index in [4.69, 9.17) is 4.98 Å². The number of carbonyl (C=O) groups excluding carboxylic acids is 1. The molecule has 182 valence electrons. The lowest BCUT2D eigenvalue weighted by molar-refractivity contribution is -0.384. The number of aryl methyl sites for hydroxylation is 1. The summed E-state index contributed by atoms with van der Waals surface area (Å²) < 4.78 is 0. The van der Waals surface area contributed by atoms with E-state index in [2.05, 4.69) is 5.32 Å². The summed E-state index contributed by atoms with van der Waals surface area (Å²) in [6.45, 7) is 2.02. The first-order chi connectivity index (χ1) is 18.0. The number of thiazole rings is 1. The molecule has 0 bridgehead atoms. The fraction of sp³-hybridized carbons (Fsp3) is 0.0667. The highest BCUT2D eigenvalue weighted by Gasteiger charge is 2.25. The highest BCUT2D eigenvalue weighted by atomic mass is 32.1. The van der Waals surface area contributed by atoms with Crippen LogP contribution in [0.3, 0.4) is 0 Å². The van der Waals surface area contributed by atoms with Crippen LogP contribution in [-0.2, 0) is 4.79 Å². The highest BCUT2D eigenvalue weighted by Crippen LogP contribution is 2.40. The zero-order valence-electron chi connectivity index (χ0n) is 20.0. The van der Waals surface area contributed by atoms with E-state index in [1.54, 1.807) is 12.1 Å². The molecule has 7 heteroatoms. The minimum atomic E-state index is -0.503. The normalized spacial score (nSPS) is 10.9. The Morgan fingerprint density at radius 1 is 0.811 bits per heavy atom. The maximum Gasteiger partial charge on any atom is 0.269 e. The first-order valence-corrected chi connectivity index (χ1v) is 12.5. The number of nitrogens with one attached hydrogen (secondary N) is 1. The second-order valence-electron chi connectivity index (χ2n) is 8.61. The van der Waals surface area contributed by atoms with Gasteiger partial charge in [-0.15, -0.1) is 0 Å². The van der Waals surface area contributed by atoms with E-state index >= 15 is 0 Å². The Labute approximate surface area is 218 Å². The van der Waals surface area contributed by atoms with Crippen molar-refractivity contribution in [2.24, 2.45) is 0 Å². The minimum Gasteiger partial charge on any atom is -0.301 e. The van der Waals surface area contributed by atoms with Gasteiger partial charge in [0.1, 0.15) is 0 Å². The summed E-state index contributed by atoms with van der Waals surface area (Å²) in [6.07, 6.45) is 0. The monoisotopic (exact) mass is 505 g/mol. The third-order valence-corrected chi connectivity index (χ3v) is 7.07. The molecule has 0 atom stereocenters. The summed E-state index contributed by atoms with van der Waals surface area (Å²) in [6, 6.07) is 33.7. The van der Waals surface area contributed by atoms with Crippen molar-refractivity contribution in [2.75, 3.05) is 5.32 Å². The number of aromatic nitrogens is 1. The van der Waals surface area contributed by atoms with Gasteiger partial charge in [-0.3, -0.25) is 14.9 Å². The van der Waals surface area contributed by atoms with Gasteiger partial charge in [0.25, 0.3) is 5.69 Å². The van der Waals surface area contributed by atoms with Crippen LogP contribution >= 0.6 is 11.3 Å². The van der Waals surface area contributed by atoms with E-state index in [-0.39, 0.29) is 11.6 Å². The second-order valence-corrected chi connectivity index (χ2v) is 9.61. The summed E-state index contributed by atoms with van der Waals surface area (Å²) in [5.41, 5.74) is 5.27. The van der Waals surface area contributed by atoms with Gasteiger partial charge in [0.2, 0.25) is 5.91 Å². The molecule has 6 nitrogen and oxygen atoms in total. The maximum absolute atomic E-state index is 13.7. The smallest absolute Gasteiger partial charge is 0.269 e. The summed E-state index contributed by atoms with van der Waals surface area (Å²) in [7, 11) is 0. The number of hydrogen-bond acceptors (Lipinski definition) is 5. The molecule has 0 radical (unpaired) electrons.